The normalized spacial score (nSPS) is 11.2. The van der Waals surface area contributed by atoms with Crippen LogP contribution in [-0.2, 0) is 11.2 Å². The smallest absolute Gasteiger partial charge is 0.137 e. The maximum absolute atomic E-state index is 11.7. The van der Waals surface area contributed by atoms with Crippen molar-refractivity contribution >= 4 is 5.78 Å². The van der Waals surface area contributed by atoms with Crippen molar-refractivity contribution in [2.75, 3.05) is 0 Å². The summed E-state index contributed by atoms with van der Waals surface area (Å²) in [6.07, 6.45) is 9.81. The second-order valence-corrected chi connectivity index (χ2v) is 4.37. The maximum atomic E-state index is 11.7. The van der Waals surface area contributed by atoms with Crippen molar-refractivity contribution in [3.8, 4) is 0 Å². The van der Waals surface area contributed by atoms with Crippen molar-refractivity contribution in [3.05, 3.63) is 72.4 Å². The summed E-state index contributed by atoms with van der Waals surface area (Å²) in [4.78, 5) is 11.7. The standard InChI is InChI=1S/C17H20O/c1-15(2)10-6-3-4-9-13-17(18)14-16-11-7-5-8-12-16/h3-8,10-12H,1,9,13-14H2,2H3/b4-3-,10-6-. The Labute approximate surface area is 110 Å². The van der Waals surface area contributed by atoms with Crippen LogP contribution < -0.4 is 0 Å². The zero-order valence-corrected chi connectivity index (χ0v) is 10.9. The Kier molecular flexibility index (Phi) is 6.49. The number of ketones is 1. The van der Waals surface area contributed by atoms with E-state index in [-0.39, 0.29) is 5.78 Å². The van der Waals surface area contributed by atoms with Crippen LogP contribution in [0, 0.1) is 0 Å². The fourth-order valence-electron chi connectivity index (χ4n) is 1.55. The van der Waals surface area contributed by atoms with E-state index in [0.29, 0.717) is 12.8 Å². The van der Waals surface area contributed by atoms with Crippen molar-refractivity contribution in [2.24, 2.45) is 0 Å². The lowest BCUT2D eigenvalue weighted by molar-refractivity contribution is -0.118. The van der Waals surface area contributed by atoms with E-state index in [1.807, 2.05) is 61.6 Å². The van der Waals surface area contributed by atoms with Crippen LogP contribution >= 0.6 is 0 Å². The summed E-state index contributed by atoms with van der Waals surface area (Å²) < 4.78 is 0. The molecule has 1 aromatic rings. The third-order valence-electron chi connectivity index (χ3n) is 2.46. The first-order valence-corrected chi connectivity index (χ1v) is 6.23. The third kappa shape index (κ3) is 6.64. The largest absolute Gasteiger partial charge is 0.299 e. The highest BCUT2D eigenvalue weighted by Crippen LogP contribution is 2.04. The Morgan fingerprint density at radius 2 is 1.94 bits per heavy atom. The van der Waals surface area contributed by atoms with Gasteiger partial charge in [-0.3, -0.25) is 4.79 Å². The summed E-state index contributed by atoms with van der Waals surface area (Å²) in [7, 11) is 0. The number of hydrogen-bond acceptors (Lipinski definition) is 1. The molecule has 0 aliphatic heterocycles. The van der Waals surface area contributed by atoms with Crippen LogP contribution in [0.5, 0.6) is 0 Å². The highest BCUT2D eigenvalue weighted by Gasteiger charge is 2.01. The molecule has 0 amide bonds. The Bertz CT molecular complexity index is 438. The molecule has 0 spiro atoms. The molecular weight excluding hydrogens is 220 g/mol. The van der Waals surface area contributed by atoms with E-state index in [2.05, 4.69) is 6.58 Å². The van der Waals surface area contributed by atoms with Crippen LogP contribution in [0.15, 0.2) is 66.8 Å². The minimum absolute atomic E-state index is 0.287. The number of benzene rings is 1. The van der Waals surface area contributed by atoms with Gasteiger partial charge in [-0.05, 0) is 18.9 Å². The molecule has 94 valence electrons. The molecule has 0 fully saturated rings. The van der Waals surface area contributed by atoms with Gasteiger partial charge < -0.3 is 0 Å². The molecule has 18 heavy (non-hydrogen) atoms. The van der Waals surface area contributed by atoms with Crippen molar-refractivity contribution in [1.82, 2.24) is 0 Å². The second-order valence-electron chi connectivity index (χ2n) is 4.37. The Morgan fingerprint density at radius 1 is 1.22 bits per heavy atom. The topological polar surface area (TPSA) is 17.1 Å². The van der Waals surface area contributed by atoms with E-state index in [4.69, 9.17) is 0 Å². The van der Waals surface area contributed by atoms with Crippen molar-refractivity contribution in [2.45, 2.75) is 26.2 Å². The number of carbonyl (C=O) groups excluding carboxylic acids is 1. The number of allylic oxidation sites excluding steroid dienone is 5. The van der Waals surface area contributed by atoms with E-state index in [9.17, 15) is 4.79 Å². The molecular formula is C17H20O. The molecule has 0 aliphatic rings. The van der Waals surface area contributed by atoms with Gasteiger partial charge in [-0.2, -0.15) is 0 Å². The molecule has 0 N–H and O–H groups in total. The van der Waals surface area contributed by atoms with Crippen LogP contribution in [-0.4, -0.2) is 5.78 Å². The highest BCUT2D eigenvalue weighted by molar-refractivity contribution is 5.80. The van der Waals surface area contributed by atoms with Gasteiger partial charge in [0.25, 0.3) is 0 Å². The van der Waals surface area contributed by atoms with Gasteiger partial charge in [0.15, 0.2) is 0 Å². The van der Waals surface area contributed by atoms with Crippen molar-refractivity contribution in [1.29, 1.82) is 0 Å². The molecule has 0 unspecified atom stereocenters. The number of Topliss-reactive ketones (excluding diaryl/α,β-unsaturated/α-hetero) is 1. The molecule has 0 saturated heterocycles. The molecule has 1 rings (SSSR count). The summed E-state index contributed by atoms with van der Waals surface area (Å²) in [5.41, 5.74) is 2.12. The first-order chi connectivity index (χ1) is 8.68. The van der Waals surface area contributed by atoms with Gasteiger partial charge in [0.2, 0.25) is 0 Å². The van der Waals surface area contributed by atoms with E-state index in [0.717, 1.165) is 17.6 Å². The average molecular weight is 240 g/mol. The molecule has 1 heteroatoms. The lowest BCUT2D eigenvalue weighted by Crippen LogP contribution is -2.01. The van der Waals surface area contributed by atoms with Crippen LogP contribution in [0.3, 0.4) is 0 Å². The first kappa shape index (κ1) is 14.2. The van der Waals surface area contributed by atoms with Crippen LogP contribution in [0.25, 0.3) is 0 Å². The minimum Gasteiger partial charge on any atom is -0.299 e. The van der Waals surface area contributed by atoms with Crippen LogP contribution in [0.1, 0.15) is 25.3 Å². The number of hydrogen-bond donors (Lipinski definition) is 0. The van der Waals surface area contributed by atoms with E-state index in [1.54, 1.807) is 0 Å². The Balaban J connectivity index is 2.24. The lowest BCUT2D eigenvalue weighted by Gasteiger charge is -1.98. The molecule has 0 aliphatic carbocycles. The van der Waals surface area contributed by atoms with Gasteiger partial charge in [-0.25, -0.2) is 0 Å². The zero-order chi connectivity index (χ0) is 13.2. The molecule has 0 radical (unpaired) electrons. The predicted octanol–water partition coefficient (Wildman–Crippen LogP) is 4.27. The van der Waals surface area contributed by atoms with Gasteiger partial charge in [-0.15, -0.1) is 0 Å². The lowest BCUT2D eigenvalue weighted by atomic mass is 10.1. The van der Waals surface area contributed by atoms with E-state index >= 15 is 0 Å². The monoisotopic (exact) mass is 240 g/mol. The zero-order valence-electron chi connectivity index (χ0n) is 10.9. The summed E-state index contributed by atoms with van der Waals surface area (Å²) >= 11 is 0. The summed E-state index contributed by atoms with van der Waals surface area (Å²) in [5, 5.41) is 0. The second kappa shape index (κ2) is 8.24. The van der Waals surface area contributed by atoms with Crippen molar-refractivity contribution < 1.29 is 4.79 Å². The van der Waals surface area contributed by atoms with Gasteiger partial charge in [0.1, 0.15) is 5.78 Å². The Morgan fingerprint density at radius 3 is 2.61 bits per heavy atom. The SMILES string of the molecule is C=C(C)/C=C\C=C/CCC(=O)Cc1ccccc1. The fourth-order valence-corrected chi connectivity index (χ4v) is 1.55. The van der Waals surface area contributed by atoms with E-state index < -0.39 is 0 Å². The molecule has 0 saturated carbocycles. The molecule has 0 aromatic heterocycles. The van der Waals surface area contributed by atoms with Gasteiger partial charge in [0.05, 0.1) is 0 Å². The predicted molar refractivity (Wildman–Crippen MR) is 77.5 cm³/mol. The molecule has 1 nitrogen and oxygen atoms in total. The van der Waals surface area contributed by atoms with E-state index in [1.165, 1.54) is 0 Å². The van der Waals surface area contributed by atoms with Gasteiger partial charge in [0, 0.05) is 12.8 Å². The first-order valence-electron chi connectivity index (χ1n) is 6.23. The maximum Gasteiger partial charge on any atom is 0.137 e. The minimum atomic E-state index is 0.287. The molecule has 0 bridgehead atoms. The summed E-state index contributed by atoms with van der Waals surface area (Å²) in [6, 6.07) is 9.87. The summed E-state index contributed by atoms with van der Waals surface area (Å²) in [6.45, 7) is 5.73. The van der Waals surface area contributed by atoms with Gasteiger partial charge in [-0.1, -0.05) is 66.8 Å². The quantitative estimate of drug-likeness (QED) is 0.651. The van der Waals surface area contributed by atoms with Crippen LogP contribution in [0.4, 0.5) is 0 Å². The fraction of sp³-hybridized carbons (Fsp3) is 0.235. The van der Waals surface area contributed by atoms with Gasteiger partial charge >= 0.3 is 0 Å². The molecule has 0 atom stereocenters. The molecule has 0 heterocycles. The number of carbonyl (C=O) groups is 1. The average Bonchev–Trinajstić information content (AvgIpc) is 2.34. The third-order valence-corrected chi connectivity index (χ3v) is 2.46. The highest BCUT2D eigenvalue weighted by atomic mass is 16.1. The summed E-state index contributed by atoms with van der Waals surface area (Å²) in [5.74, 6) is 0.287. The Hall–Kier alpha value is -1.89. The molecule has 1 aromatic carbocycles. The van der Waals surface area contributed by atoms with Crippen molar-refractivity contribution in [3.63, 3.8) is 0 Å². The van der Waals surface area contributed by atoms with Crippen LogP contribution in [0.2, 0.25) is 0 Å². The number of rotatable bonds is 7.